The second-order valence-corrected chi connectivity index (χ2v) is 8.06. The van der Waals surface area contributed by atoms with E-state index in [1.807, 2.05) is 24.3 Å². The summed E-state index contributed by atoms with van der Waals surface area (Å²) in [5.74, 6) is -0.118. The Morgan fingerprint density at radius 3 is 2.62 bits per heavy atom. The Morgan fingerprint density at radius 2 is 1.96 bits per heavy atom. The van der Waals surface area contributed by atoms with Crippen LogP contribution in [0.25, 0.3) is 0 Å². The van der Waals surface area contributed by atoms with E-state index in [9.17, 15) is 18.0 Å². The van der Waals surface area contributed by atoms with E-state index in [1.165, 1.54) is 16.8 Å². The number of sulfonamides is 1. The van der Waals surface area contributed by atoms with E-state index in [4.69, 9.17) is 0 Å². The topological polar surface area (TPSA) is 101 Å². The lowest BCUT2D eigenvalue weighted by atomic mass is 10.1. The Hall–Kier alpha value is -1.71. The van der Waals surface area contributed by atoms with Crippen molar-refractivity contribution in [2.75, 3.05) is 5.75 Å². The number of benzene rings is 1. The van der Waals surface area contributed by atoms with Crippen molar-refractivity contribution in [3.63, 3.8) is 0 Å². The minimum atomic E-state index is -3.50. The highest BCUT2D eigenvalue weighted by Gasteiger charge is 2.17. The summed E-state index contributed by atoms with van der Waals surface area (Å²) in [6.07, 6.45) is 1.61. The molecule has 2 N–H and O–H groups in total. The van der Waals surface area contributed by atoms with E-state index in [1.54, 1.807) is 6.92 Å². The van der Waals surface area contributed by atoms with Gasteiger partial charge >= 0.3 is 5.69 Å². The second-order valence-electron chi connectivity index (χ2n) is 5.34. The Bertz CT molecular complexity index is 921. The number of aromatic nitrogens is 2. The van der Waals surface area contributed by atoms with Gasteiger partial charge in [-0.2, -0.15) is 0 Å². The molecule has 0 saturated carbocycles. The van der Waals surface area contributed by atoms with Crippen molar-refractivity contribution in [3.05, 3.63) is 67.4 Å². The van der Waals surface area contributed by atoms with E-state index in [0.717, 1.165) is 10.0 Å². The molecule has 1 aromatic heterocycles. The molecule has 1 atom stereocenters. The minimum absolute atomic E-state index is 0.118. The molecule has 130 valence electrons. The molecule has 0 fully saturated rings. The smallest absolute Gasteiger partial charge is 0.301 e. The van der Waals surface area contributed by atoms with Gasteiger partial charge < -0.3 is 4.57 Å². The van der Waals surface area contributed by atoms with Gasteiger partial charge in [0.25, 0.3) is 5.56 Å². The maximum absolute atomic E-state index is 12.2. The van der Waals surface area contributed by atoms with Gasteiger partial charge in [-0.05, 0) is 25.0 Å². The molecule has 0 saturated heterocycles. The van der Waals surface area contributed by atoms with Crippen LogP contribution in [-0.4, -0.2) is 23.7 Å². The average molecular weight is 416 g/mol. The van der Waals surface area contributed by atoms with Gasteiger partial charge in [-0.15, -0.1) is 0 Å². The minimum Gasteiger partial charge on any atom is -0.301 e. The van der Waals surface area contributed by atoms with Crippen LogP contribution in [0.3, 0.4) is 0 Å². The first kappa shape index (κ1) is 18.6. The van der Waals surface area contributed by atoms with Crippen LogP contribution in [0.1, 0.15) is 24.9 Å². The number of nitrogens with one attached hydrogen (secondary N) is 2. The molecule has 24 heavy (non-hydrogen) atoms. The number of rotatable bonds is 7. The van der Waals surface area contributed by atoms with Crippen LogP contribution in [0.15, 0.2) is 50.6 Å². The van der Waals surface area contributed by atoms with Gasteiger partial charge in [0.15, 0.2) is 0 Å². The van der Waals surface area contributed by atoms with Crippen molar-refractivity contribution < 1.29 is 8.42 Å². The van der Waals surface area contributed by atoms with Crippen LogP contribution in [0.5, 0.6) is 0 Å². The molecule has 9 heteroatoms. The lowest BCUT2D eigenvalue weighted by molar-refractivity contribution is 0.555. The molecule has 0 bridgehead atoms. The maximum atomic E-state index is 12.2. The van der Waals surface area contributed by atoms with Gasteiger partial charge in [-0.25, -0.2) is 17.9 Å². The van der Waals surface area contributed by atoms with Gasteiger partial charge in [0.1, 0.15) is 0 Å². The van der Waals surface area contributed by atoms with Crippen LogP contribution < -0.4 is 16.0 Å². The molecule has 1 heterocycles. The fourth-order valence-electron chi connectivity index (χ4n) is 2.26. The van der Waals surface area contributed by atoms with Crippen molar-refractivity contribution in [2.24, 2.45) is 0 Å². The summed E-state index contributed by atoms with van der Waals surface area (Å²) >= 11 is 3.40. The first-order chi connectivity index (χ1) is 11.3. The Kier molecular flexibility index (Phi) is 6.14. The Balaban J connectivity index is 1.95. The number of hydrogen-bond acceptors (Lipinski definition) is 4. The summed E-state index contributed by atoms with van der Waals surface area (Å²) in [6, 6.07) is 8.24. The molecule has 2 rings (SSSR count). The fourth-order valence-corrected chi connectivity index (χ4v) is 4.18. The van der Waals surface area contributed by atoms with Crippen LogP contribution in [0, 0.1) is 0 Å². The standard InChI is InChI=1S/C15H18BrN3O4S/c1-11(12-5-2-3-6-13(12)16)18-24(22,23)10-4-8-19-9-7-14(20)17-15(19)21/h2-3,5-7,9,11,18H,4,8,10H2,1H3,(H,17,20,21). The van der Waals surface area contributed by atoms with Crippen molar-refractivity contribution >= 4 is 26.0 Å². The van der Waals surface area contributed by atoms with Crippen molar-refractivity contribution in [1.82, 2.24) is 14.3 Å². The number of H-pyrrole nitrogens is 1. The highest BCUT2D eigenvalue weighted by atomic mass is 79.9. The zero-order valence-corrected chi connectivity index (χ0v) is 15.4. The predicted molar refractivity (Wildman–Crippen MR) is 95.4 cm³/mol. The fraction of sp³-hybridized carbons (Fsp3) is 0.333. The summed E-state index contributed by atoms with van der Waals surface area (Å²) in [6.45, 7) is 1.98. The molecule has 2 aromatic rings. The average Bonchev–Trinajstić information content (AvgIpc) is 2.49. The molecule has 1 aromatic carbocycles. The molecule has 0 aliphatic rings. The van der Waals surface area contributed by atoms with E-state index in [2.05, 4.69) is 25.6 Å². The van der Waals surface area contributed by atoms with Crippen molar-refractivity contribution in [3.8, 4) is 0 Å². The van der Waals surface area contributed by atoms with E-state index < -0.39 is 21.3 Å². The first-order valence-corrected chi connectivity index (χ1v) is 9.77. The van der Waals surface area contributed by atoms with Gasteiger partial charge in [0.2, 0.25) is 10.0 Å². The largest absolute Gasteiger partial charge is 0.328 e. The van der Waals surface area contributed by atoms with E-state index >= 15 is 0 Å². The number of nitrogens with zero attached hydrogens (tertiary/aromatic N) is 1. The van der Waals surface area contributed by atoms with Crippen LogP contribution in [0.4, 0.5) is 0 Å². The quantitative estimate of drug-likeness (QED) is 0.712. The van der Waals surface area contributed by atoms with E-state index in [-0.39, 0.29) is 24.8 Å². The zero-order chi connectivity index (χ0) is 17.7. The molecule has 0 spiro atoms. The molecule has 0 radical (unpaired) electrons. The van der Waals surface area contributed by atoms with Gasteiger partial charge in [-0.1, -0.05) is 34.1 Å². The van der Waals surface area contributed by atoms with Crippen LogP contribution >= 0.6 is 15.9 Å². The molecular weight excluding hydrogens is 398 g/mol. The predicted octanol–water partition coefficient (Wildman–Crippen LogP) is 1.37. The SMILES string of the molecule is CC(NS(=O)(=O)CCCn1ccc(=O)[nH]c1=O)c1ccccc1Br. The summed E-state index contributed by atoms with van der Waals surface area (Å²) in [4.78, 5) is 24.6. The maximum Gasteiger partial charge on any atom is 0.328 e. The highest BCUT2D eigenvalue weighted by molar-refractivity contribution is 9.10. The molecule has 0 amide bonds. The van der Waals surface area contributed by atoms with Crippen molar-refractivity contribution in [2.45, 2.75) is 25.9 Å². The van der Waals surface area contributed by atoms with Gasteiger partial charge in [0.05, 0.1) is 5.75 Å². The third-order valence-electron chi connectivity index (χ3n) is 3.44. The van der Waals surface area contributed by atoms with E-state index in [0.29, 0.717) is 0 Å². The Morgan fingerprint density at radius 1 is 1.25 bits per heavy atom. The zero-order valence-electron chi connectivity index (χ0n) is 13.0. The monoisotopic (exact) mass is 415 g/mol. The van der Waals surface area contributed by atoms with Gasteiger partial charge in [0, 0.05) is 29.3 Å². The third-order valence-corrected chi connectivity index (χ3v) is 5.70. The van der Waals surface area contributed by atoms with Crippen LogP contribution in [0.2, 0.25) is 0 Å². The normalized spacial score (nSPS) is 12.9. The van der Waals surface area contributed by atoms with Gasteiger partial charge in [-0.3, -0.25) is 9.78 Å². The van der Waals surface area contributed by atoms with Crippen LogP contribution in [-0.2, 0) is 16.6 Å². The summed E-state index contributed by atoms with van der Waals surface area (Å²) in [7, 11) is -3.50. The molecule has 0 aliphatic carbocycles. The molecule has 1 unspecified atom stereocenters. The number of aryl methyl sites for hydroxylation is 1. The number of halogens is 1. The first-order valence-electron chi connectivity index (χ1n) is 7.33. The Labute approximate surface area is 147 Å². The summed E-state index contributed by atoms with van der Waals surface area (Å²) in [5.41, 5.74) is -0.180. The number of aromatic amines is 1. The molecule has 7 nitrogen and oxygen atoms in total. The second kappa shape index (κ2) is 7.91. The number of hydrogen-bond donors (Lipinski definition) is 2. The third kappa shape index (κ3) is 5.15. The van der Waals surface area contributed by atoms with Crippen molar-refractivity contribution in [1.29, 1.82) is 0 Å². The highest BCUT2D eigenvalue weighted by Crippen LogP contribution is 2.23. The lowest BCUT2D eigenvalue weighted by Gasteiger charge is -2.16. The lowest BCUT2D eigenvalue weighted by Crippen LogP contribution is -2.32. The summed E-state index contributed by atoms with van der Waals surface area (Å²) < 4.78 is 29.1. The molecular formula is C15H18BrN3O4S. The molecule has 0 aliphatic heterocycles. The summed E-state index contributed by atoms with van der Waals surface area (Å²) in [5, 5.41) is 0.